The summed E-state index contributed by atoms with van der Waals surface area (Å²) in [6.07, 6.45) is -4.75. The van der Waals surface area contributed by atoms with E-state index in [1.165, 1.54) is 32.9 Å². The molecular weight excluding hydrogens is 525 g/mol. The van der Waals surface area contributed by atoms with Gasteiger partial charge in [0, 0.05) is 30.8 Å². The van der Waals surface area contributed by atoms with Crippen molar-refractivity contribution >= 4 is 29.0 Å². The number of ketones is 1. The maximum absolute atomic E-state index is 12.5. The molecule has 0 saturated carbocycles. The molecule has 0 saturated heterocycles. The number of anilines is 2. The third-order valence-electron chi connectivity index (χ3n) is 3.93. The normalized spacial score (nSPS) is 11.6. The van der Waals surface area contributed by atoms with E-state index < -0.39 is 18.5 Å². The van der Waals surface area contributed by atoms with Crippen LogP contribution < -0.4 is 62.0 Å². The van der Waals surface area contributed by atoms with Crippen LogP contribution in [-0.2, 0) is 15.2 Å². The summed E-state index contributed by atoms with van der Waals surface area (Å²) in [7, 11) is 0. The summed E-state index contributed by atoms with van der Waals surface area (Å²) >= 11 is 0. The third-order valence-corrected chi connectivity index (χ3v) is 3.93. The van der Waals surface area contributed by atoms with Gasteiger partial charge in [0.25, 0.3) is 0 Å². The molecule has 36 heavy (non-hydrogen) atoms. The minimum Gasteiger partial charge on any atom is -0.870 e. The monoisotopic (exact) mass is 550 g/mol. The largest absolute Gasteiger partial charge is 1.00 e. The van der Waals surface area contributed by atoms with Crippen molar-refractivity contribution in [3.8, 4) is 0 Å². The molecule has 2 aromatic carbocycles. The summed E-state index contributed by atoms with van der Waals surface area (Å²) in [6, 6.07) is 11.6. The first-order valence-corrected chi connectivity index (χ1v) is 9.45. The summed E-state index contributed by atoms with van der Waals surface area (Å²) in [4.78, 5) is 32.3. The Morgan fingerprint density at radius 2 is 1.08 bits per heavy atom. The number of hydrogen-bond acceptors (Lipinski definition) is 5. The molecule has 0 spiro atoms. The maximum atomic E-state index is 12.5. The van der Waals surface area contributed by atoms with E-state index in [0.717, 1.165) is 12.1 Å². The molecule has 0 fully saturated rings. The molecule has 0 aliphatic heterocycles. The molecule has 0 aromatic heterocycles. The van der Waals surface area contributed by atoms with Crippen LogP contribution in [0.15, 0.2) is 48.5 Å². The molecular formula is C22H25F6KN2O5. The Bertz CT molecular complexity index is 950. The fourth-order valence-electron chi connectivity index (χ4n) is 2.24. The summed E-state index contributed by atoms with van der Waals surface area (Å²) in [5.41, 5.74) is -1.45. The topological polar surface area (TPSA) is 126 Å². The number of halogens is 6. The molecule has 2 amide bonds. The van der Waals surface area contributed by atoms with Crippen LogP contribution in [-0.4, -0.2) is 41.0 Å². The Kier molecular flexibility index (Phi) is 18.9. The SMILES string of the molecule is CC(=O)Nc1ccc(C(C)(O)C(F)(F)F)cc1.CC(=O)Nc1ccc(C(C)=O)cc1.FC(F)F.[K+].[OH-]. The zero-order chi connectivity index (χ0) is 26.7. The quantitative estimate of drug-likeness (QED) is 0.306. The molecule has 0 radical (unpaired) electrons. The number of rotatable bonds is 4. The molecule has 4 N–H and O–H groups in total. The fraction of sp³-hybridized carbons (Fsp3) is 0.318. The van der Waals surface area contributed by atoms with E-state index in [9.17, 15) is 45.8 Å². The van der Waals surface area contributed by atoms with E-state index in [1.807, 2.05) is 0 Å². The average molecular weight is 551 g/mol. The van der Waals surface area contributed by atoms with Crippen molar-refractivity contribution in [2.24, 2.45) is 0 Å². The number of amides is 2. The number of nitrogens with one attached hydrogen (secondary N) is 2. The van der Waals surface area contributed by atoms with Gasteiger partial charge in [0.05, 0.1) is 0 Å². The summed E-state index contributed by atoms with van der Waals surface area (Å²) in [5, 5.41) is 14.4. The van der Waals surface area contributed by atoms with Gasteiger partial charge in [-0.15, -0.1) is 0 Å². The van der Waals surface area contributed by atoms with Gasteiger partial charge in [-0.2, -0.15) is 26.3 Å². The van der Waals surface area contributed by atoms with Gasteiger partial charge in [-0.25, -0.2) is 0 Å². The van der Waals surface area contributed by atoms with Crippen molar-refractivity contribution < 1.29 is 103 Å². The second-order valence-corrected chi connectivity index (χ2v) is 6.89. The molecule has 0 aliphatic rings. The molecule has 0 bridgehead atoms. The third kappa shape index (κ3) is 15.3. The first-order chi connectivity index (χ1) is 15.5. The van der Waals surface area contributed by atoms with E-state index in [4.69, 9.17) is 0 Å². The minimum atomic E-state index is -4.75. The zero-order valence-electron chi connectivity index (χ0n) is 20.1. The molecule has 1 unspecified atom stereocenters. The number of benzene rings is 2. The van der Waals surface area contributed by atoms with Gasteiger partial charge in [-0.05, 0) is 55.8 Å². The Labute approximate surface area is 246 Å². The zero-order valence-corrected chi connectivity index (χ0v) is 23.2. The van der Waals surface area contributed by atoms with Crippen LogP contribution >= 0.6 is 0 Å². The minimum absolute atomic E-state index is 0. The van der Waals surface area contributed by atoms with Crippen LogP contribution in [0.1, 0.15) is 43.6 Å². The van der Waals surface area contributed by atoms with Crippen molar-refractivity contribution in [1.29, 1.82) is 0 Å². The predicted molar refractivity (Wildman–Crippen MR) is 116 cm³/mol. The average Bonchev–Trinajstić information content (AvgIpc) is 2.67. The van der Waals surface area contributed by atoms with Crippen LogP contribution in [0.5, 0.6) is 0 Å². The molecule has 7 nitrogen and oxygen atoms in total. The number of Topliss-reactive ketones (excluding diaryl/α,β-unsaturated/α-hetero) is 1. The molecule has 14 heteroatoms. The van der Waals surface area contributed by atoms with E-state index in [0.29, 0.717) is 23.9 Å². The molecule has 2 rings (SSSR count). The van der Waals surface area contributed by atoms with Gasteiger partial charge in [-0.1, -0.05) is 12.1 Å². The smallest absolute Gasteiger partial charge is 0.870 e. The summed E-state index contributed by atoms with van der Waals surface area (Å²) in [5.74, 6) is -0.412. The van der Waals surface area contributed by atoms with Crippen LogP contribution in [0.3, 0.4) is 0 Å². The van der Waals surface area contributed by atoms with Gasteiger partial charge in [-0.3, -0.25) is 14.4 Å². The number of carbonyl (C=O) groups excluding carboxylic acids is 3. The van der Waals surface area contributed by atoms with Gasteiger partial charge in [0.1, 0.15) is 0 Å². The van der Waals surface area contributed by atoms with Crippen molar-refractivity contribution in [2.75, 3.05) is 10.6 Å². The molecule has 0 heterocycles. The van der Waals surface area contributed by atoms with Crippen molar-refractivity contribution in [1.82, 2.24) is 0 Å². The molecule has 196 valence electrons. The molecule has 0 aliphatic carbocycles. The van der Waals surface area contributed by atoms with Gasteiger partial charge >= 0.3 is 64.2 Å². The number of carbonyl (C=O) groups is 3. The Morgan fingerprint density at radius 3 is 1.33 bits per heavy atom. The van der Waals surface area contributed by atoms with E-state index >= 15 is 0 Å². The molecule has 2 aromatic rings. The van der Waals surface area contributed by atoms with Crippen molar-refractivity contribution in [3.05, 3.63) is 59.7 Å². The van der Waals surface area contributed by atoms with E-state index in [-0.39, 0.29) is 80.0 Å². The van der Waals surface area contributed by atoms with E-state index in [1.54, 1.807) is 24.3 Å². The first kappa shape index (κ1) is 38.7. The number of alkyl halides is 6. The second-order valence-electron chi connectivity index (χ2n) is 6.89. The fourth-order valence-corrected chi connectivity index (χ4v) is 2.24. The first-order valence-electron chi connectivity index (χ1n) is 9.45. The van der Waals surface area contributed by atoms with Crippen molar-refractivity contribution in [3.63, 3.8) is 0 Å². The van der Waals surface area contributed by atoms with Crippen LogP contribution in [0.25, 0.3) is 0 Å². The van der Waals surface area contributed by atoms with Gasteiger partial charge in [0.15, 0.2) is 11.4 Å². The van der Waals surface area contributed by atoms with Crippen LogP contribution in [0, 0.1) is 0 Å². The maximum Gasteiger partial charge on any atom is 1.00 e. The molecule has 1 atom stereocenters. The van der Waals surface area contributed by atoms with Gasteiger partial charge in [0.2, 0.25) is 11.8 Å². The number of aliphatic hydroxyl groups is 1. The number of hydrogen-bond donors (Lipinski definition) is 3. The van der Waals surface area contributed by atoms with Crippen molar-refractivity contribution in [2.45, 2.75) is 46.2 Å². The standard InChI is InChI=1S/C11H12F3NO2.C10H11NO2.CHF3.K.H2O/c1-7(16)15-9-5-3-8(4-6-9)10(2,17)11(12,13)14;1-7(12)9-3-5-10(6-4-9)11-8(2)13;2-1(3)4;;/h3-6,17H,1-2H3,(H,15,16);3-6H,1-2H3,(H,11,13);1H;;1H2/q;;;+1;/p-1. The summed E-state index contributed by atoms with van der Waals surface area (Å²) in [6.45, 7) is 1.26. The Morgan fingerprint density at radius 1 is 0.778 bits per heavy atom. The predicted octanol–water partition coefficient (Wildman–Crippen LogP) is 2.27. The van der Waals surface area contributed by atoms with Crippen LogP contribution in [0.4, 0.5) is 37.7 Å². The Hall–Kier alpha value is -1.81. The summed E-state index contributed by atoms with van der Waals surface area (Å²) < 4.78 is 66.5. The van der Waals surface area contributed by atoms with Crippen LogP contribution in [0.2, 0.25) is 0 Å². The second kappa shape index (κ2) is 17.6. The van der Waals surface area contributed by atoms with E-state index in [2.05, 4.69) is 10.6 Å². The Balaban J connectivity index is -0.000000513. The van der Waals surface area contributed by atoms with Gasteiger partial charge < -0.3 is 21.2 Å².